The highest BCUT2D eigenvalue weighted by Gasteiger charge is 2.15. The van der Waals surface area contributed by atoms with Crippen LogP contribution in [0.3, 0.4) is 0 Å². The summed E-state index contributed by atoms with van der Waals surface area (Å²) in [6, 6.07) is 5.29. The largest absolute Gasteiger partial charge is 0.381 e. The van der Waals surface area contributed by atoms with Crippen LogP contribution >= 0.6 is 0 Å². The molecule has 0 bridgehead atoms. The van der Waals surface area contributed by atoms with Gasteiger partial charge in [-0.3, -0.25) is 0 Å². The summed E-state index contributed by atoms with van der Waals surface area (Å²) in [7, 11) is 0. The van der Waals surface area contributed by atoms with E-state index in [0.29, 0.717) is 17.2 Å². The Labute approximate surface area is 101 Å². The fraction of sp³-hybridized carbons (Fsp3) is 0.462. The van der Waals surface area contributed by atoms with Crippen LogP contribution < -0.4 is 10.6 Å². The molecule has 2 rings (SSSR count). The molecule has 0 radical (unpaired) electrons. The third kappa shape index (κ3) is 2.75. The number of nitrogens with zero attached hydrogens (tertiary/aromatic N) is 1. The quantitative estimate of drug-likeness (QED) is 0.823. The Hall–Kier alpha value is -1.60. The van der Waals surface area contributed by atoms with Crippen LogP contribution in [0.1, 0.15) is 24.0 Å². The minimum atomic E-state index is -0.324. The second-order valence-corrected chi connectivity index (χ2v) is 4.43. The van der Waals surface area contributed by atoms with E-state index in [4.69, 9.17) is 5.26 Å². The van der Waals surface area contributed by atoms with Gasteiger partial charge >= 0.3 is 0 Å². The second kappa shape index (κ2) is 5.15. The van der Waals surface area contributed by atoms with E-state index in [-0.39, 0.29) is 5.82 Å². The molecule has 1 atom stereocenters. The van der Waals surface area contributed by atoms with E-state index in [1.165, 1.54) is 6.07 Å². The lowest BCUT2D eigenvalue weighted by molar-refractivity contribution is 0.479. The molecular weight excluding hydrogens is 217 g/mol. The van der Waals surface area contributed by atoms with Gasteiger partial charge in [0.25, 0.3) is 0 Å². The zero-order valence-corrected chi connectivity index (χ0v) is 9.89. The molecule has 0 spiro atoms. The van der Waals surface area contributed by atoms with E-state index in [2.05, 4.69) is 10.6 Å². The fourth-order valence-electron chi connectivity index (χ4n) is 2.09. The predicted octanol–water partition coefficient (Wildman–Crippen LogP) is 2.17. The van der Waals surface area contributed by atoms with Gasteiger partial charge in [0.2, 0.25) is 0 Å². The maximum absolute atomic E-state index is 13.6. The molecule has 1 aliphatic heterocycles. The number of hydrogen-bond acceptors (Lipinski definition) is 3. The first-order chi connectivity index (χ1) is 8.20. The summed E-state index contributed by atoms with van der Waals surface area (Å²) in [5, 5.41) is 15.4. The molecule has 1 fully saturated rings. The summed E-state index contributed by atoms with van der Waals surface area (Å²) in [5.74, 6) is -0.324. The Kier molecular flexibility index (Phi) is 3.60. The second-order valence-electron chi connectivity index (χ2n) is 4.43. The van der Waals surface area contributed by atoms with Crippen molar-refractivity contribution < 1.29 is 4.39 Å². The van der Waals surface area contributed by atoms with Crippen LogP contribution in [0.15, 0.2) is 12.1 Å². The van der Waals surface area contributed by atoms with E-state index < -0.39 is 0 Å². The van der Waals surface area contributed by atoms with Crippen LogP contribution in [0.4, 0.5) is 10.1 Å². The number of halogens is 1. The highest BCUT2D eigenvalue weighted by Crippen LogP contribution is 2.22. The van der Waals surface area contributed by atoms with Crippen LogP contribution in [-0.2, 0) is 0 Å². The molecule has 1 aromatic carbocycles. The number of hydrogen-bond donors (Lipinski definition) is 2. The lowest BCUT2D eigenvalue weighted by Crippen LogP contribution is -2.38. The van der Waals surface area contributed by atoms with Crippen molar-refractivity contribution in [3.05, 3.63) is 29.1 Å². The van der Waals surface area contributed by atoms with Gasteiger partial charge in [0.15, 0.2) is 0 Å². The predicted molar refractivity (Wildman–Crippen MR) is 65.4 cm³/mol. The zero-order valence-electron chi connectivity index (χ0n) is 9.89. The fourth-order valence-corrected chi connectivity index (χ4v) is 2.09. The number of benzene rings is 1. The monoisotopic (exact) mass is 233 g/mol. The van der Waals surface area contributed by atoms with Crippen molar-refractivity contribution in [2.24, 2.45) is 0 Å². The molecule has 3 nitrogen and oxygen atoms in total. The molecule has 1 saturated heterocycles. The van der Waals surface area contributed by atoms with Gasteiger partial charge in [0, 0.05) is 23.8 Å². The molecule has 90 valence electrons. The lowest BCUT2D eigenvalue weighted by atomic mass is 10.0. The first kappa shape index (κ1) is 11.9. The van der Waals surface area contributed by atoms with E-state index in [9.17, 15) is 4.39 Å². The molecule has 0 amide bonds. The maximum Gasteiger partial charge on any atom is 0.129 e. The van der Waals surface area contributed by atoms with Crippen molar-refractivity contribution in [3.63, 3.8) is 0 Å². The molecule has 1 aliphatic rings. The zero-order chi connectivity index (χ0) is 12.3. The smallest absolute Gasteiger partial charge is 0.129 e. The van der Waals surface area contributed by atoms with Gasteiger partial charge in [-0.15, -0.1) is 0 Å². The van der Waals surface area contributed by atoms with Crippen LogP contribution in [0.5, 0.6) is 0 Å². The van der Waals surface area contributed by atoms with Crippen LogP contribution in [0.25, 0.3) is 0 Å². The minimum Gasteiger partial charge on any atom is -0.381 e. The van der Waals surface area contributed by atoms with Crippen molar-refractivity contribution >= 4 is 5.69 Å². The average Bonchev–Trinajstić information content (AvgIpc) is 2.36. The Morgan fingerprint density at radius 3 is 3.00 bits per heavy atom. The topological polar surface area (TPSA) is 47.9 Å². The summed E-state index contributed by atoms with van der Waals surface area (Å²) < 4.78 is 13.6. The normalized spacial score (nSPS) is 19.7. The Morgan fingerprint density at radius 1 is 1.53 bits per heavy atom. The van der Waals surface area contributed by atoms with Gasteiger partial charge in [0.05, 0.1) is 11.6 Å². The summed E-state index contributed by atoms with van der Waals surface area (Å²) in [4.78, 5) is 0. The summed E-state index contributed by atoms with van der Waals surface area (Å²) in [6.45, 7) is 3.66. The number of piperidine rings is 1. The molecule has 1 aromatic rings. The number of nitriles is 1. The van der Waals surface area contributed by atoms with E-state index in [0.717, 1.165) is 31.6 Å². The first-order valence-electron chi connectivity index (χ1n) is 5.88. The number of anilines is 1. The van der Waals surface area contributed by atoms with E-state index >= 15 is 0 Å². The van der Waals surface area contributed by atoms with Gasteiger partial charge < -0.3 is 10.6 Å². The van der Waals surface area contributed by atoms with Crippen LogP contribution in [-0.4, -0.2) is 19.1 Å². The van der Waals surface area contributed by atoms with Crippen molar-refractivity contribution in [1.29, 1.82) is 5.26 Å². The summed E-state index contributed by atoms with van der Waals surface area (Å²) >= 11 is 0. The van der Waals surface area contributed by atoms with Crippen molar-refractivity contribution in [1.82, 2.24) is 5.32 Å². The van der Waals surface area contributed by atoms with Gasteiger partial charge in [-0.2, -0.15) is 5.26 Å². The van der Waals surface area contributed by atoms with Crippen molar-refractivity contribution in [2.75, 3.05) is 18.4 Å². The third-order valence-electron chi connectivity index (χ3n) is 3.13. The Balaban J connectivity index is 2.19. The molecule has 0 aliphatic carbocycles. The number of nitrogens with one attached hydrogen (secondary N) is 2. The standard InChI is InChI=1S/C13H16FN3/c1-9-12(14)5-10(7-15)6-13(9)17-11-3-2-4-16-8-11/h5-6,11,16-17H,2-4,8H2,1H3. The van der Waals surface area contributed by atoms with E-state index in [1.807, 2.05) is 6.07 Å². The van der Waals surface area contributed by atoms with Gasteiger partial charge in [-0.1, -0.05) is 0 Å². The SMILES string of the molecule is Cc1c(F)cc(C#N)cc1NC1CCCNC1. The summed E-state index contributed by atoms with van der Waals surface area (Å²) in [6.07, 6.45) is 2.20. The molecule has 2 N–H and O–H groups in total. The highest BCUT2D eigenvalue weighted by molar-refractivity contribution is 5.56. The van der Waals surface area contributed by atoms with Crippen molar-refractivity contribution in [3.8, 4) is 6.07 Å². The van der Waals surface area contributed by atoms with E-state index in [1.54, 1.807) is 13.0 Å². The Bertz CT molecular complexity index is 445. The van der Waals surface area contributed by atoms with Gasteiger partial charge in [-0.05, 0) is 38.4 Å². The lowest BCUT2D eigenvalue weighted by Gasteiger charge is -2.25. The molecule has 0 aromatic heterocycles. The van der Waals surface area contributed by atoms with Crippen LogP contribution in [0.2, 0.25) is 0 Å². The van der Waals surface area contributed by atoms with Crippen molar-refractivity contribution in [2.45, 2.75) is 25.8 Å². The minimum absolute atomic E-state index is 0.316. The third-order valence-corrected chi connectivity index (χ3v) is 3.13. The van der Waals surface area contributed by atoms with Crippen LogP contribution in [0, 0.1) is 24.1 Å². The van der Waals surface area contributed by atoms with Gasteiger partial charge in [-0.25, -0.2) is 4.39 Å². The first-order valence-corrected chi connectivity index (χ1v) is 5.88. The van der Waals surface area contributed by atoms with Gasteiger partial charge in [0.1, 0.15) is 5.82 Å². The number of rotatable bonds is 2. The molecule has 0 saturated carbocycles. The Morgan fingerprint density at radius 2 is 2.35 bits per heavy atom. The summed E-state index contributed by atoms with van der Waals surface area (Å²) in [5.41, 5.74) is 1.67. The molecule has 1 heterocycles. The molecular formula is C13H16FN3. The molecule has 1 unspecified atom stereocenters. The molecule has 4 heteroatoms. The maximum atomic E-state index is 13.6. The average molecular weight is 233 g/mol. The molecule has 17 heavy (non-hydrogen) atoms. The highest BCUT2D eigenvalue weighted by atomic mass is 19.1.